The Bertz CT molecular complexity index is 877. The maximum atomic E-state index is 7.17. The van der Waals surface area contributed by atoms with E-state index >= 15 is 0 Å². The minimum Gasteiger partial charge on any atom is -0.403 e. The molecular weight excluding hydrogens is 392 g/mol. The van der Waals surface area contributed by atoms with Crippen LogP contribution in [-0.4, -0.2) is 14.9 Å². The summed E-state index contributed by atoms with van der Waals surface area (Å²) < 4.78 is 7.17. The van der Waals surface area contributed by atoms with Crippen molar-refractivity contribution in [2.24, 2.45) is 11.3 Å². The molecule has 2 atom stereocenters. The van der Waals surface area contributed by atoms with Crippen LogP contribution >= 0.6 is 0 Å². The van der Waals surface area contributed by atoms with Gasteiger partial charge in [0.15, 0.2) is 0 Å². The molecule has 1 aliphatic rings. The van der Waals surface area contributed by atoms with Crippen molar-refractivity contribution in [2.75, 3.05) is 6.61 Å². The van der Waals surface area contributed by atoms with Gasteiger partial charge in [-0.15, -0.1) is 12.3 Å². The summed E-state index contributed by atoms with van der Waals surface area (Å²) >= 11 is 0. The van der Waals surface area contributed by atoms with Gasteiger partial charge in [0, 0.05) is 6.42 Å². The van der Waals surface area contributed by atoms with Crippen molar-refractivity contribution < 1.29 is 4.43 Å². The van der Waals surface area contributed by atoms with Crippen molar-refractivity contribution in [1.82, 2.24) is 0 Å². The number of rotatable bonds is 7. The van der Waals surface area contributed by atoms with E-state index in [4.69, 9.17) is 10.8 Å². The predicted octanol–water partition coefficient (Wildman–Crippen LogP) is 6.34. The van der Waals surface area contributed by atoms with E-state index in [2.05, 4.69) is 107 Å². The molecule has 0 N–H and O–H groups in total. The lowest BCUT2D eigenvalue weighted by Gasteiger charge is -2.44. The van der Waals surface area contributed by atoms with Crippen molar-refractivity contribution in [3.8, 4) is 12.3 Å². The smallest absolute Gasteiger partial charge is 0.261 e. The quantitative estimate of drug-likeness (QED) is 0.283. The second-order valence-corrected chi connectivity index (χ2v) is 14.7. The van der Waals surface area contributed by atoms with Crippen LogP contribution in [0.4, 0.5) is 0 Å². The molecule has 0 heterocycles. The lowest BCUT2D eigenvalue weighted by Crippen LogP contribution is -2.66. The number of hydrogen-bond donors (Lipinski definition) is 0. The van der Waals surface area contributed by atoms with Crippen LogP contribution in [0.3, 0.4) is 0 Å². The Balaban J connectivity index is 2.01. The molecule has 2 aromatic carbocycles. The van der Waals surface area contributed by atoms with Crippen molar-refractivity contribution in [3.63, 3.8) is 0 Å². The topological polar surface area (TPSA) is 9.23 Å². The number of hydrogen-bond acceptors (Lipinski definition) is 1. The normalized spacial score (nSPS) is 21.9. The molecule has 0 unspecified atom stereocenters. The Morgan fingerprint density at radius 3 is 2.06 bits per heavy atom. The van der Waals surface area contributed by atoms with Crippen LogP contribution in [0.25, 0.3) is 0 Å². The molecule has 0 aromatic heterocycles. The Kier molecular flexibility index (Phi) is 7.30. The molecule has 1 nitrogen and oxygen atoms in total. The van der Waals surface area contributed by atoms with E-state index in [9.17, 15) is 0 Å². The molecular formula is C29H38OSi. The first-order valence-electron chi connectivity index (χ1n) is 11.6. The van der Waals surface area contributed by atoms with Crippen molar-refractivity contribution >= 4 is 18.7 Å². The van der Waals surface area contributed by atoms with Crippen LogP contribution < -0.4 is 10.4 Å². The molecule has 3 rings (SSSR count). The van der Waals surface area contributed by atoms with E-state index in [1.165, 1.54) is 22.4 Å². The molecule has 2 heteroatoms. The zero-order chi connectivity index (χ0) is 22.5. The molecule has 0 amide bonds. The van der Waals surface area contributed by atoms with E-state index in [1.54, 1.807) is 0 Å². The van der Waals surface area contributed by atoms with Gasteiger partial charge in [-0.3, -0.25) is 0 Å². The van der Waals surface area contributed by atoms with Crippen LogP contribution in [0.1, 0.15) is 60.3 Å². The summed E-state index contributed by atoms with van der Waals surface area (Å²) in [6.07, 6.45) is 12.3. The predicted molar refractivity (Wildman–Crippen MR) is 136 cm³/mol. The highest BCUT2D eigenvalue weighted by Gasteiger charge is 2.50. The van der Waals surface area contributed by atoms with E-state index < -0.39 is 8.32 Å². The molecule has 0 fully saturated rings. The van der Waals surface area contributed by atoms with Gasteiger partial charge in [-0.05, 0) is 51.6 Å². The highest BCUT2D eigenvalue weighted by atomic mass is 28.4. The molecule has 2 aromatic rings. The van der Waals surface area contributed by atoms with Gasteiger partial charge in [0.25, 0.3) is 8.32 Å². The molecule has 1 aliphatic carbocycles. The van der Waals surface area contributed by atoms with Crippen molar-refractivity contribution in [2.45, 2.75) is 65.3 Å². The van der Waals surface area contributed by atoms with Gasteiger partial charge in [-0.1, -0.05) is 101 Å². The first kappa shape index (κ1) is 23.6. The third kappa shape index (κ3) is 4.89. The molecule has 164 valence electrons. The van der Waals surface area contributed by atoms with Gasteiger partial charge < -0.3 is 4.43 Å². The van der Waals surface area contributed by atoms with Crippen LogP contribution in [0.5, 0.6) is 0 Å². The summed E-state index contributed by atoms with van der Waals surface area (Å²) in [6, 6.07) is 21.8. The molecule has 0 aliphatic heterocycles. The number of terminal acetylenes is 1. The standard InChI is InChI=1S/C29H38OSi/c1-7-8-21-29(6)22-25(20-19-24(29)2)23-30-31(28(3,4)5,26-15-11-9-12-16-26)27-17-13-10-14-18-27/h1,9-18,22,24H,8,19-21,23H2,2-6H3/t24-,29-/m1/s1. The lowest BCUT2D eigenvalue weighted by molar-refractivity contribution is 0.217. The fraction of sp³-hybridized carbons (Fsp3) is 0.448. The van der Waals surface area contributed by atoms with Gasteiger partial charge in [0.05, 0.1) is 6.61 Å². The second kappa shape index (κ2) is 9.59. The van der Waals surface area contributed by atoms with E-state index in [0.717, 1.165) is 19.3 Å². The van der Waals surface area contributed by atoms with Gasteiger partial charge in [0.1, 0.15) is 0 Å². The summed E-state index contributed by atoms with van der Waals surface area (Å²) in [7, 11) is -2.50. The third-order valence-corrected chi connectivity index (χ3v) is 12.2. The number of allylic oxidation sites excluding steroid dienone is 1. The minimum atomic E-state index is -2.50. The van der Waals surface area contributed by atoms with E-state index in [1.807, 2.05) is 0 Å². The summed E-state index contributed by atoms with van der Waals surface area (Å²) in [4.78, 5) is 0. The summed E-state index contributed by atoms with van der Waals surface area (Å²) in [5.74, 6) is 3.49. The Labute approximate surface area is 191 Å². The van der Waals surface area contributed by atoms with Gasteiger partial charge in [0.2, 0.25) is 0 Å². The first-order chi connectivity index (χ1) is 14.7. The first-order valence-corrected chi connectivity index (χ1v) is 13.5. The SMILES string of the molecule is C#CCC[C@]1(C)C=C(CO[Si](c2ccccc2)(c2ccccc2)C(C)(C)C)CC[C@H]1C. The summed E-state index contributed by atoms with van der Waals surface area (Å²) in [5.41, 5.74) is 1.60. The fourth-order valence-corrected chi connectivity index (χ4v) is 9.71. The molecule has 31 heavy (non-hydrogen) atoms. The van der Waals surface area contributed by atoms with Crippen molar-refractivity contribution in [3.05, 3.63) is 72.3 Å². The Morgan fingerprint density at radius 1 is 1.03 bits per heavy atom. The highest BCUT2D eigenvalue weighted by Crippen LogP contribution is 2.43. The average molecular weight is 431 g/mol. The zero-order valence-corrected chi connectivity index (χ0v) is 20.9. The highest BCUT2D eigenvalue weighted by molar-refractivity contribution is 6.99. The number of benzene rings is 2. The largest absolute Gasteiger partial charge is 0.403 e. The molecule has 0 saturated heterocycles. The fourth-order valence-electron chi connectivity index (χ4n) is 5.15. The summed E-state index contributed by atoms with van der Waals surface area (Å²) in [5, 5.41) is 2.69. The van der Waals surface area contributed by atoms with Crippen LogP contribution in [0.2, 0.25) is 5.04 Å². The maximum absolute atomic E-state index is 7.17. The Hall–Kier alpha value is -2.08. The molecule has 0 radical (unpaired) electrons. The minimum absolute atomic E-state index is 0.00496. The molecule has 0 bridgehead atoms. The van der Waals surface area contributed by atoms with E-state index in [-0.39, 0.29) is 10.5 Å². The van der Waals surface area contributed by atoms with Crippen LogP contribution in [-0.2, 0) is 4.43 Å². The average Bonchev–Trinajstić information content (AvgIpc) is 2.76. The lowest BCUT2D eigenvalue weighted by atomic mass is 9.68. The van der Waals surface area contributed by atoms with Crippen LogP contribution in [0, 0.1) is 23.7 Å². The van der Waals surface area contributed by atoms with Crippen LogP contribution in [0.15, 0.2) is 72.3 Å². The zero-order valence-electron chi connectivity index (χ0n) is 19.9. The van der Waals surface area contributed by atoms with Gasteiger partial charge in [-0.2, -0.15) is 0 Å². The third-order valence-electron chi connectivity index (χ3n) is 7.26. The molecule has 0 saturated carbocycles. The van der Waals surface area contributed by atoms with Gasteiger partial charge in [-0.25, -0.2) is 0 Å². The van der Waals surface area contributed by atoms with Gasteiger partial charge >= 0.3 is 0 Å². The Morgan fingerprint density at radius 2 is 1.58 bits per heavy atom. The maximum Gasteiger partial charge on any atom is 0.261 e. The molecule has 0 spiro atoms. The van der Waals surface area contributed by atoms with Crippen molar-refractivity contribution in [1.29, 1.82) is 0 Å². The van der Waals surface area contributed by atoms with E-state index in [0.29, 0.717) is 12.5 Å². The second-order valence-electron chi connectivity index (χ2n) is 10.4. The summed E-state index contributed by atoms with van der Waals surface area (Å²) in [6.45, 7) is 12.5. The monoisotopic (exact) mass is 430 g/mol.